The molecule has 0 amide bonds. The van der Waals surface area contributed by atoms with Crippen LogP contribution in [0.15, 0.2) is 17.1 Å². The van der Waals surface area contributed by atoms with Gasteiger partial charge >= 0.3 is 0 Å². The van der Waals surface area contributed by atoms with E-state index < -0.39 is 0 Å². The van der Waals surface area contributed by atoms with Crippen molar-refractivity contribution in [2.24, 2.45) is 4.99 Å². The molecule has 0 saturated carbocycles. The van der Waals surface area contributed by atoms with E-state index in [1.165, 1.54) is 0 Å². The van der Waals surface area contributed by atoms with Crippen molar-refractivity contribution in [3.8, 4) is 11.5 Å². The highest BCUT2D eigenvalue weighted by Crippen LogP contribution is 2.36. The zero-order valence-corrected chi connectivity index (χ0v) is 18.8. The zero-order valence-electron chi connectivity index (χ0n) is 15.7. The molecule has 0 spiro atoms. The van der Waals surface area contributed by atoms with E-state index in [0.29, 0.717) is 42.2 Å². The summed E-state index contributed by atoms with van der Waals surface area (Å²) >= 11 is 6.29. The molecule has 8 heteroatoms. The molecule has 25 heavy (non-hydrogen) atoms. The van der Waals surface area contributed by atoms with Crippen LogP contribution in [0.2, 0.25) is 5.02 Å². The van der Waals surface area contributed by atoms with Crippen LogP contribution in [0.3, 0.4) is 0 Å². The first-order chi connectivity index (χ1) is 11.4. The van der Waals surface area contributed by atoms with E-state index in [9.17, 15) is 0 Å². The van der Waals surface area contributed by atoms with Gasteiger partial charge in [0.05, 0.1) is 24.3 Å². The summed E-state index contributed by atoms with van der Waals surface area (Å²) < 4.78 is 16.3. The maximum atomic E-state index is 6.29. The second-order valence-corrected chi connectivity index (χ2v) is 6.19. The number of hydrogen-bond acceptors (Lipinski definition) is 4. The Morgan fingerprint density at radius 1 is 1.24 bits per heavy atom. The van der Waals surface area contributed by atoms with Crippen molar-refractivity contribution in [1.82, 2.24) is 10.6 Å². The molecule has 0 aliphatic heterocycles. The number of guanidine groups is 1. The fourth-order valence-corrected chi connectivity index (χ4v) is 2.22. The van der Waals surface area contributed by atoms with Gasteiger partial charge in [-0.05, 0) is 38.5 Å². The van der Waals surface area contributed by atoms with Gasteiger partial charge in [-0.1, -0.05) is 11.6 Å². The van der Waals surface area contributed by atoms with Gasteiger partial charge in [0.2, 0.25) is 0 Å². The largest absolute Gasteiger partial charge is 0.493 e. The molecular formula is C17H29ClIN3O3. The number of ether oxygens (including phenoxy) is 3. The van der Waals surface area contributed by atoms with Crippen molar-refractivity contribution in [2.75, 3.05) is 34.4 Å². The molecule has 1 rings (SSSR count). The van der Waals surface area contributed by atoms with E-state index in [1.807, 2.05) is 32.9 Å². The van der Waals surface area contributed by atoms with E-state index in [4.69, 9.17) is 25.8 Å². The Hall–Kier alpha value is -0.930. The number of nitrogens with one attached hydrogen (secondary N) is 2. The van der Waals surface area contributed by atoms with Crippen molar-refractivity contribution in [3.05, 3.63) is 22.7 Å². The molecule has 0 aromatic heterocycles. The standard InChI is InChI=1S/C17H28ClN3O3.HI/c1-7-24-15-13(18)8-12(9-14(15)22-5)10-20-16(19-4)21-11-17(2,3)23-6;/h8-9H,7,10-11H2,1-6H3,(H2,19,20,21);1H. The van der Waals surface area contributed by atoms with Gasteiger partial charge < -0.3 is 24.8 Å². The minimum atomic E-state index is -0.275. The van der Waals surface area contributed by atoms with Crippen molar-refractivity contribution in [2.45, 2.75) is 32.9 Å². The lowest BCUT2D eigenvalue weighted by Crippen LogP contribution is -2.45. The predicted molar refractivity (Wildman–Crippen MR) is 114 cm³/mol. The van der Waals surface area contributed by atoms with Gasteiger partial charge in [-0.3, -0.25) is 4.99 Å². The molecule has 1 aromatic rings. The van der Waals surface area contributed by atoms with Crippen LogP contribution in [0, 0.1) is 0 Å². The Labute approximate surface area is 172 Å². The molecule has 0 heterocycles. The molecule has 144 valence electrons. The summed E-state index contributed by atoms with van der Waals surface area (Å²) in [5.74, 6) is 1.86. The average molecular weight is 486 g/mol. The lowest BCUT2D eigenvalue weighted by atomic mass is 10.1. The van der Waals surface area contributed by atoms with Gasteiger partial charge in [-0.25, -0.2) is 0 Å². The molecule has 0 bridgehead atoms. The van der Waals surface area contributed by atoms with E-state index in [1.54, 1.807) is 21.3 Å². The Bertz CT molecular complexity index is 568. The number of methoxy groups -OCH3 is 2. The first kappa shape index (κ1) is 24.1. The predicted octanol–water partition coefficient (Wildman–Crippen LogP) is 3.46. The molecule has 0 radical (unpaired) electrons. The topological polar surface area (TPSA) is 64.1 Å². The summed E-state index contributed by atoms with van der Waals surface area (Å²) in [7, 11) is 5.01. The Kier molecular flexibility index (Phi) is 11.2. The normalized spacial score (nSPS) is 11.6. The van der Waals surface area contributed by atoms with Gasteiger partial charge in [0.25, 0.3) is 0 Å². The van der Waals surface area contributed by atoms with E-state index in [-0.39, 0.29) is 29.6 Å². The minimum Gasteiger partial charge on any atom is -0.493 e. The smallest absolute Gasteiger partial charge is 0.191 e. The highest BCUT2D eigenvalue weighted by Gasteiger charge is 2.17. The number of halogens is 2. The first-order valence-electron chi connectivity index (χ1n) is 7.85. The lowest BCUT2D eigenvalue weighted by Gasteiger charge is -2.24. The zero-order chi connectivity index (χ0) is 18.2. The Balaban J connectivity index is 0.00000576. The number of aliphatic imine (C=N–C) groups is 1. The van der Waals surface area contributed by atoms with Crippen LogP contribution < -0.4 is 20.1 Å². The summed E-state index contributed by atoms with van der Waals surface area (Å²) in [6, 6.07) is 3.75. The van der Waals surface area contributed by atoms with Crippen LogP contribution in [0.1, 0.15) is 26.3 Å². The van der Waals surface area contributed by atoms with Crippen LogP contribution in [0.5, 0.6) is 11.5 Å². The molecule has 0 aliphatic carbocycles. The molecule has 0 saturated heterocycles. The Morgan fingerprint density at radius 3 is 2.44 bits per heavy atom. The highest BCUT2D eigenvalue weighted by atomic mass is 127. The van der Waals surface area contributed by atoms with Crippen LogP contribution >= 0.6 is 35.6 Å². The number of benzene rings is 1. The fourth-order valence-electron chi connectivity index (χ4n) is 1.93. The third-order valence-electron chi connectivity index (χ3n) is 3.50. The maximum Gasteiger partial charge on any atom is 0.191 e. The van der Waals surface area contributed by atoms with Crippen LogP contribution in [-0.2, 0) is 11.3 Å². The molecule has 0 aliphatic rings. The summed E-state index contributed by atoms with van der Waals surface area (Å²) in [5, 5.41) is 7.00. The van der Waals surface area contributed by atoms with Crippen molar-refractivity contribution >= 4 is 41.5 Å². The van der Waals surface area contributed by atoms with Gasteiger partial charge in [0.1, 0.15) is 0 Å². The van der Waals surface area contributed by atoms with Crippen LogP contribution in [0.25, 0.3) is 0 Å². The van der Waals surface area contributed by atoms with Gasteiger partial charge in [0.15, 0.2) is 17.5 Å². The van der Waals surface area contributed by atoms with Crippen molar-refractivity contribution in [1.29, 1.82) is 0 Å². The van der Waals surface area contributed by atoms with Gasteiger partial charge in [-0.2, -0.15) is 0 Å². The number of nitrogens with zero attached hydrogens (tertiary/aromatic N) is 1. The fraction of sp³-hybridized carbons (Fsp3) is 0.588. The average Bonchev–Trinajstić information content (AvgIpc) is 2.57. The Morgan fingerprint density at radius 2 is 1.92 bits per heavy atom. The van der Waals surface area contributed by atoms with Crippen LogP contribution in [-0.4, -0.2) is 46.0 Å². The summed E-state index contributed by atoms with van der Waals surface area (Å²) in [6.45, 7) is 7.63. The van der Waals surface area contributed by atoms with Crippen molar-refractivity contribution in [3.63, 3.8) is 0 Å². The van der Waals surface area contributed by atoms with Crippen molar-refractivity contribution < 1.29 is 14.2 Å². The first-order valence-corrected chi connectivity index (χ1v) is 8.23. The minimum absolute atomic E-state index is 0. The summed E-state index contributed by atoms with van der Waals surface area (Å²) in [6.07, 6.45) is 0. The van der Waals surface area contributed by atoms with Gasteiger partial charge in [0, 0.05) is 27.2 Å². The third-order valence-corrected chi connectivity index (χ3v) is 3.78. The van der Waals surface area contributed by atoms with E-state index in [0.717, 1.165) is 5.56 Å². The maximum absolute atomic E-state index is 6.29. The molecule has 1 aromatic carbocycles. The summed E-state index contributed by atoms with van der Waals surface area (Å²) in [5.41, 5.74) is 0.692. The molecule has 0 atom stereocenters. The molecule has 2 N–H and O–H groups in total. The molecule has 6 nitrogen and oxygen atoms in total. The summed E-state index contributed by atoms with van der Waals surface area (Å²) in [4.78, 5) is 4.20. The number of hydrogen-bond donors (Lipinski definition) is 2. The number of rotatable bonds is 8. The quantitative estimate of drug-likeness (QED) is 0.335. The molecule has 0 fully saturated rings. The van der Waals surface area contributed by atoms with Crippen LogP contribution in [0.4, 0.5) is 0 Å². The van der Waals surface area contributed by atoms with E-state index in [2.05, 4.69) is 15.6 Å². The highest BCUT2D eigenvalue weighted by molar-refractivity contribution is 14.0. The molecule has 0 unspecified atom stereocenters. The third kappa shape index (κ3) is 7.87. The SMILES string of the molecule is CCOc1c(Cl)cc(CNC(=NC)NCC(C)(C)OC)cc1OC.I. The second-order valence-electron chi connectivity index (χ2n) is 5.79. The monoisotopic (exact) mass is 485 g/mol. The second kappa shape index (κ2) is 11.6. The lowest BCUT2D eigenvalue weighted by molar-refractivity contribution is 0.0268. The molecular weight excluding hydrogens is 457 g/mol. The van der Waals surface area contributed by atoms with E-state index >= 15 is 0 Å². The van der Waals surface area contributed by atoms with Gasteiger partial charge in [-0.15, -0.1) is 24.0 Å².